The number of aliphatic hydroxyl groups is 1. The maximum atomic E-state index is 14.5. The molecule has 1 N–H and O–H groups in total. The van der Waals surface area contributed by atoms with Crippen molar-refractivity contribution in [2.45, 2.75) is 37.0 Å². The highest BCUT2D eigenvalue weighted by Crippen LogP contribution is 2.59. The van der Waals surface area contributed by atoms with E-state index < -0.39 is 29.6 Å². The molecule has 3 amide bonds. The van der Waals surface area contributed by atoms with Gasteiger partial charge in [-0.25, -0.2) is 0 Å². The topological polar surface area (TPSA) is 99.6 Å². The summed E-state index contributed by atoms with van der Waals surface area (Å²) in [5, 5.41) is 9.63. The average molecular weight is 560 g/mol. The monoisotopic (exact) mass is 559 g/mol. The Bertz CT molecular complexity index is 1300. The van der Waals surface area contributed by atoms with Gasteiger partial charge in [-0.3, -0.25) is 14.4 Å². The Morgan fingerprint density at radius 1 is 1.05 bits per heavy atom. The molecule has 2 bridgehead atoms. The van der Waals surface area contributed by atoms with Gasteiger partial charge in [0, 0.05) is 37.6 Å². The lowest BCUT2D eigenvalue weighted by Gasteiger charge is -2.37. The summed E-state index contributed by atoms with van der Waals surface area (Å²) >= 11 is 0. The highest BCUT2D eigenvalue weighted by atomic mass is 16.5. The zero-order valence-corrected chi connectivity index (χ0v) is 23.4. The third kappa shape index (κ3) is 4.83. The van der Waals surface area contributed by atoms with Gasteiger partial charge in [0.15, 0.2) is 0 Å². The van der Waals surface area contributed by atoms with Crippen LogP contribution in [0.25, 0.3) is 0 Å². The van der Waals surface area contributed by atoms with Crippen LogP contribution in [0.4, 0.5) is 11.4 Å². The smallest absolute Gasteiger partial charge is 0.253 e. The molecule has 3 fully saturated rings. The number of aliphatic hydroxyl groups excluding tert-OH is 1. The fourth-order valence-corrected chi connectivity index (χ4v) is 6.80. The van der Waals surface area contributed by atoms with Crippen molar-refractivity contribution in [3.8, 4) is 5.75 Å². The lowest BCUT2D eigenvalue weighted by molar-refractivity contribution is -0.141. The fourth-order valence-electron chi connectivity index (χ4n) is 6.80. The number of rotatable bonds is 12. The van der Waals surface area contributed by atoms with E-state index in [0.29, 0.717) is 36.4 Å². The predicted octanol–water partition coefficient (Wildman–Crippen LogP) is 3.19. The second-order valence-electron chi connectivity index (χ2n) is 10.7. The number of nitrogens with zero attached hydrogens (tertiary/aromatic N) is 3. The molecule has 3 aliphatic rings. The van der Waals surface area contributed by atoms with Crippen LogP contribution < -0.4 is 14.5 Å². The number of hydrogen-bond donors (Lipinski definition) is 1. The summed E-state index contributed by atoms with van der Waals surface area (Å²) < 4.78 is 11.9. The minimum absolute atomic E-state index is 0.135. The van der Waals surface area contributed by atoms with E-state index in [1.54, 1.807) is 53.3 Å². The molecule has 1 spiro atoms. The van der Waals surface area contributed by atoms with Gasteiger partial charge in [-0.1, -0.05) is 30.4 Å². The van der Waals surface area contributed by atoms with Gasteiger partial charge in [-0.2, -0.15) is 0 Å². The zero-order chi connectivity index (χ0) is 29.1. The number of anilines is 2. The summed E-state index contributed by atoms with van der Waals surface area (Å²) in [7, 11) is 1.57. The van der Waals surface area contributed by atoms with Crippen molar-refractivity contribution >= 4 is 29.1 Å². The molecule has 5 atom stereocenters. The Hall–Kier alpha value is -3.95. The Balaban J connectivity index is 1.54. The molecule has 3 saturated heterocycles. The van der Waals surface area contributed by atoms with Gasteiger partial charge in [0.25, 0.3) is 5.91 Å². The van der Waals surface area contributed by atoms with E-state index >= 15 is 0 Å². The van der Waals surface area contributed by atoms with Gasteiger partial charge in [-0.15, -0.1) is 13.2 Å². The third-order valence-electron chi connectivity index (χ3n) is 8.48. The van der Waals surface area contributed by atoms with Gasteiger partial charge < -0.3 is 29.3 Å². The number of methoxy groups -OCH3 is 1. The van der Waals surface area contributed by atoms with Gasteiger partial charge >= 0.3 is 0 Å². The molecule has 2 unspecified atom stereocenters. The van der Waals surface area contributed by atoms with Crippen molar-refractivity contribution in [2.75, 3.05) is 43.2 Å². The van der Waals surface area contributed by atoms with E-state index in [4.69, 9.17) is 9.47 Å². The Morgan fingerprint density at radius 2 is 1.68 bits per heavy atom. The number of para-hydroxylation sites is 1. The number of carbonyl (C=O) groups excluding carboxylic acids is 3. The summed E-state index contributed by atoms with van der Waals surface area (Å²) in [5.41, 5.74) is 0.199. The van der Waals surface area contributed by atoms with Crippen LogP contribution in [0, 0.1) is 11.8 Å². The number of likely N-dealkylation sites (tertiary alicyclic amines) is 1. The predicted molar refractivity (Wildman–Crippen MR) is 156 cm³/mol. The maximum Gasteiger partial charge on any atom is 0.253 e. The van der Waals surface area contributed by atoms with Crippen molar-refractivity contribution in [1.82, 2.24) is 4.90 Å². The second kappa shape index (κ2) is 11.9. The number of benzene rings is 2. The van der Waals surface area contributed by atoms with E-state index in [0.717, 1.165) is 0 Å². The minimum atomic E-state index is -1.14. The molecule has 2 aromatic rings. The SMILES string of the molecule is C=CCN(C(=O)C1N(CCCO)C(=O)[C@@H]2[C@H](C(=O)N(CC=C)c3ccccc3)[C@@H]3CCC12O3)c1ccc(OC)cc1. The van der Waals surface area contributed by atoms with Crippen LogP contribution in [0.1, 0.15) is 19.3 Å². The number of ether oxygens (including phenoxy) is 2. The molecule has 9 heteroatoms. The molecular weight excluding hydrogens is 522 g/mol. The van der Waals surface area contributed by atoms with Crippen molar-refractivity contribution < 1.29 is 29.0 Å². The summed E-state index contributed by atoms with van der Waals surface area (Å²) in [6, 6.07) is 15.5. The number of hydrogen-bond acceptors (Lipinski definition) is 6. The van der Waals surface area contributed by atoms with Gasteiger partial charge in [0.2, 0.25) is 11.8 Å². The molecule has 5 rings (SSSR count). The maximum absolute atomic E-state index is 14.5. The van der Waals surface area contributed by atoms with Crippen molar-refractivity contribution in [2.24, 2.45) is 11.8 Å². The van der Waals surface area contributed by atoms with Crippen LogP contribution in [0.15, 0.2) is 79.9 Å². The van der Waals surface area contributed by atoms with Crippen LogP contribution in [0.3, 0.4) is 0 Å². The first-order valence-corrected chi connectivity index (χ1v) is 14.0. The van der Waals surface area contributed by atoms with Crippen LogP contribution in [-0.2, 0) is 19.1 Å². The highest BCUT2D eigenvalue weighted by molar-refractivity contribution is 6.06. The fraction of sp³-hybridized carbons (Fsp3) is 0.406. The molecule has 41 heavy (non-hydrogen) atoms. The number of fused-ring (bicyclic) bond motifs is 1. The standard InChI is InChI=1S/C32H37N3O6/c1-4-18-33(22-10-7-6-8-11-22)29(37)26-25-16-17-32(41-25)27(26)30(38)35(20-9-21-36)28(32)31(39)34(19-5-2)23-12-14-24(40-3)15-13-23/h4-8,10-15,25-28,36H,1-2,9,16-21H2,3H3/t25-,26+,27-,28?,32?/m0/s1. The van der Waals surface area contributed by atoms with Crippen molar-refractivity contribution in [1.29, 1.82) is 0 Å². The Morgan fingerprint density at radius 3 is 2.29 bits per heavy atom. The third-order valence-corrected chi connectivity index (χ3v) is 8.48. The van der Waals surface area contributed by atoms with Crippen LogP contribution in [-0.4, -0.2) is 78.8 Å². The van der Waals surface area contributed by atoms with E-state index in [9.17, 15) is 19.5 Å². The molecule has 3 aliphatic heterocycles. The lowest BCUT2D eigenvalue weighted by Crippen LogP contribution is -2.56. The molecule has 2 aromatic carbocycles. The van der Waals surface area contributed by atoms with Crippen LogP contribution >= 0.6 is 0 Å². The molecule has 9 nitrogen and oxygen atoms in total. The van der Waals surface area contributed by atoms with E-state index in [1.807, 2.05) is 30.3 Å². The highest BCUT2D eigenvalue weighted by Gasteiger charge is 2.74. The van der Waals surface area contributed by atoms with E-state index in [2.05, 4.69) is 13.2 Å². The summed E-state index contributed by atoms with van der Waals surface area (Å²) in [6.45, 7) is 8.22. The van der Waals surface area contributed by atoms with E-state index in [1.165, 1.54) is 4.90 Å². The first-order chi connectivity index (χ1) is 19.9. The molecule has 0 aliphatic carbocycles. The van der Waals surface area contributed by atoms with Crippen molar-refractivity contribution in [3.63, 3.8) is 0 Å². The number of carbonyl (C=O) groups is 3. The lowest BCUT2D eigenvalue weighted by atomic mass is 9.70. The molecule has 0 saturated carbocycles. The molecule has 0 radical (unpaired) electrons. The molecular formula is C32H37N3O6. The second-order valence-corrected chi connectivity index (χ2v) is 10.7. The molecule has 3 heterocycles. The summed E-state index contributed by atoms with van der Waals surface area (Å²) in [6.07, 6.45) is 4.18. The minimum Gasteiger partial charge on any atom is -0.497 e. The molecule has 0 aromatic heterocycles. The van der Waals surface area contributed by atoms with Crippen molar-refractivity contribution in [3.05, 3.63) is 79.9 Å². The molecule has 216 valence electrons. The van der Waals surface area contributed by atoms with Gasteiger partial charge in [0.05, 0.1) is 25.0 Å². The first-order valence-electron chi connectivity index (χ1n) is 14.0. The van der Waals surface area contributed by atoms with E-state index in [-0.39, 0.29) is 44.0 Å². The van der Waals surface area contributed by atoms with Crippen LogP contribution in [0.5, 0.6) is 5.75 Å². The zero-order valence-electron chi connectivity index (χ0n) is 23.4. The van der Waals surface area contributed by atoms with Gasteiger partial charge in [-0.05, 0) is 55.7 Å². The van der Waals surface area contributed by atoms with Crippen LogP contribution in [0.2, 0.25) is 0 Å². The first kappa shape index (κ1) is 28.6. The normalized spacial score (nSPS) is 26.0. The van der Waals surface area contributed by atoms with Gasteiger partial charge in [0.1, 0.15) is 17.4 Å². The Kier molecular flexibility index (Phi) is 8.28. The summed E-state index contributed by atoms with van der Waals surface area (Å²) in [4.78, 5) is 47.6. The largest absolute Gasteiger partial charge is 0.497 e. The number of amides is 3. The quantitative estimate of drug-likeness (QED) is 0.401. The average Bonchev–Trinajstić information content (AvgIpc) is 3.64. The summed E-state index contributed by atoms with van der Waals surface area (Å²) in [5.74, 6) is -1.69. The Labute approximate surface area is 240 Å².